The van der Waals surface area contributed by atoms with Crippen LogP contribution in [0.3, 0.4) is 0 Å². The van der Waals surface area contributed by atoms with Gasteiger partial charge in [-0.1, -0.05) is 24.3 Å². The number of hydrogen-bond donors (Lipinski definition) is 2. The number of hydrogen-bond acceptors (Lipinski definition) is 4. The molecule has 1 aliphatic carbocycles. The molecule has 148 valence electrons. The van der Waals surface area contributed by atoms with Crippen LogP contribution >= 0.6 is 0 Å². The van der Waals surface area contributed by atoms with Crippen LogP contribution in [0.1, 0.15) is 30.9 Å². The summed E-state index contributed by atoms with van der Waals surface area (Å²) in [6.45, 7) is 4.59. The minimum atomic E-state index is 0.127. The predicted octanol–water partition coefficient (Wildman–Crippen LogP) is 3.21. The molecule has 4 rings (SSSR count). The lowest BCUT2D eigenvalue weighted by molar-refractivity contribution is 0.174. The van der Waals surface area contributed by atoms with E-state index in [1.54, 1.807) is 7.11 Å². The molecular formula is C22H27N3O3. The van der Waals surface area contributed by atoms with Crippen LogP contribution in [0.5, 0.6) is 17.2 Å². The van der Waals surface area contributed by atoms with Crippen molar-refractivity contribution in [3.05, 3.63) is 53.6 Å². The van der Waals surface area contributed by atoms with Crippen molar-refractivity contribution in [3.8, 4) is 17.2 Å². The molecule has 0 atom stereocenters. The van der Waals surface area contributed by atoms with Gasteiger partial charge in [0, 0.05) is 24.1 Å². The minimum absolute atomic E-state index is 0.127. The van der Waals surface area contributed by atoms with Crippen LogP contribution in [-0.2, 0) is 12.0 Å². The summed E-state index contributed by atoms with van der Waals surface area (Å²) in [6, 6.07) is 14.3. The Labute approximate surface area is 165 Å². The van der Waals surface area contributed by atoms with Gasteiger partial charge in [-0.05, 0) is 43.5 Å². The largest absolute Gasteiger partial charge is 0.496 e. The zero-order valence-electron chi connectivity index (χ0n) is 16.5. The Bertz CT molecular complexity index is 862. The lowest BCUT2D eigenvalue weighted by atomic mass is 9.95. The van der Waals surface area contributed by atoms with E-state index in [4.69, 9.17) is 19.2 Å². The molecule has 1 aliphatic heterocycles. The van der Waals surface area contributed by atoms with Crippen LogP contribution in [0, 0.1) is 0 Å². The second-order valence-electron chi connectivity index (χ2n) is 7.22. The van der Waals surface area contributed by atoms with E-state index in [-0.39, 0.29) is 12.2 Å². The Kier molecular flexibility index (Phi) is 5.28. The number of nitrogens with one attached hydrogen (secondary N) is 2. The maximum atomic E-state index is 5.57. The zero-order valence-corrected chi connectivity index (χ0v) is 16.5. The number of methoxy groups -OCH3 is 1. The third kappa shape index (κ3) is 3.86. The molecule has 2 aromatic rings. The monoisotopic (exact) mass is 381 g/mol. The Morgan fingerprint density at radius 2 is 1.93 bits per heavy atom. The van der Waals surface area contributed by atoms with Gasteiger partial charge in [-0.2, -0.15) is 0 Å². The predicted molar refractivity (Wildman–Crippen MR) is 109 cm³/mol. The number of rotatable bonds is 7. The summed E-state index contributed by atoms with van der Waals surface area (Å²) in [6.07, 6.45) is 2.31. The SMILES string of the molecule is CCNC(=NCc1ccc2c(c1)OCO2)NCC1(c2ccccc2OC)CC1. The highest BCUT2D eigenvalue weighted by atomic mass is 16.7. The molecule has 6 nitrogen and oxygen atoms in total. The maximum Gasteiger partial charge on any atom is 0.231 e. The van der Waals surface area contributed by atoms with Gasteiger partial charge in [0.2, 0.25) is 6.79 Å². The number of aliphatic imine (C=N–C) groups is 1. The average Bonchev–Trinajstić information content (AvgIpc) is 3.38. The van der Waals surface area contributed by atoms with Crippen LogP contribution in [0.15, 0.2) is 47.5 Å². The van der Waals surface area contributed by atoms with Crippen LogP contribution < -0.4 is 24.8 Å². The number of fused-ring (bicyclic) bond motifs is 1. The van der Waals surface area contributed by atoms with Gasteiger partial charge in [0.1, 0.15) is 5.75 Å². The number of guanidine groups is 1. The molecule has 1 fully saturated rings. The molecule has 2 aliphatic rings. The summed E-state index contributed by atoms with van der Waals surface area (Å²) in [5, 5.41) is 6.86. The maximum absolute atomic E-state index is 5.57. The topological polar surface area (TPSA) is 64.1 Å². The van der Waals surface area contributed by atoms with Crippen molar-refractivity contribution in [2.75, 3.05) is 27.0 Å². The number of ether oxygens (including phenoxy) is 3. The van der Waals surface area contributed by atoms with Gasteiger partial charge in [-0.3, -0.25) is 0 Å². The van der Waals surface area contributed by atoms with Gasteiger partial charge in [0.25, 0.3) is 0 Å². The highest BCUT2D eigenvalue weighted by molar-refractivity contribution is 5.80. The fraction of sp³-hybridized carbons (Fsp3) is 0.409. The van der Waals surface area contributed by atoms with Gasteiger partial charge < -0.3 is 24.8 Å². The summed E-state index contributed by atoms with van der Waals surface area (Å²) in [7, 11) is 1.74. The Morgan fingerprint density at radius 1 is 1.11 bits per heavy atom. The van der Waals surface area contributed by atoms with E-state index in [1.807, 2.05) is 30.3 Å². The van der Waals surface area contributed by atoms with Crippen molar-refractivity contribution in [2.24, 2.45) is 4.99 Å². The highest BCUT2D eigenvalue weighted by Gasteiger charge is 2.46. The first kappa shape index (κ1) is 18.5. The van der Waals surface area contributed by atoms with Crippen LogP contribution in [-0.4, -0.2) is 33.0 Å². The lowest BCUT2D eigenvalue weighted by Gasteiger charge is -2.21. The Balaban J connectivity index is 1.43. The van der Waals surface area contributed by atoms with E-state index in [0.29, 0.717) is 6.54 Å². The normalized spacial score (nSPS) is 16.6. The summed E-state index contributed by atoms with van der Waals surface area (Å²) in [5.41, 5.74) is 2.49. The van der Waals surface area contributed by atoms with Crippen molar-refractivity contribution in [3.63, 3.8) is 0 Å². The number of para-hydroxylation sites is 1. The van der Waals surface area contributed by atoms with E-state index in [0.717, 1.165) is 54.7 Å². The molecule has 1 heterocycles. The van der Waals surface area contributed by atoms with Crippen molar-refractivity contribution in [2.45, 2.75) is 31.7 Å². The van der Waals surface area contributed by atoms with E-state index < -0.39 is 0 Å². The van der Waals surface area contributed by atoms with Gasteiger partial charge >= 0.3 is 0 Å². The Hall–Kier alpha value is -2.89. The van der Waals surface area contributed by atoms with E-state index >= 15 is 0 Å². The molecule has 0 amide bonds. The average molecular weight is 381 g/mol. The fourth-order valence-electron chi connectivity index (χ4n) is 3.58. The summed E-state index contributed by atoms with van der Waals surface area (Å²) in [5.74, 6) is 3.37. The zero-order chi connectivity index (χ0) is 19.4. The van der Waals surface area contributed by atoms with E-state index in [1.165, 1.54) is 5.56 Å². The van der Waals surface area contributed by atoms with Crippen LogP contribution in [0.25, 0.3) is 0 Å². The fourth-order valence-corrected chi connectivity index (χ4v) is 3.58. The van der Waals surface area contributed by atoms with Crippen molar-refractivity contribution >= 4 is 5.96 Å². The molecule has 2 N–H and O–H groups in total. The first-order chi connectivity index (χ1) is 13.7. The van der Waals surface area contributed by atoms with Gasteiger partial charge in [-0.25, -0.2) is 4.99 Å². The van der Waals surface area contributed by atoms with Crippen molar-refractivity contribution in [1.29, 1.82) is 0 Å². The quantitative estimate of drug-likeness (QED) is 0.570. The first-order valence-corrected chi connectivity index (χ1v) is 9.78. The summed E-state index contributed by atoms with van der Waals surface area (Å²) in [4.78, 5) is 4.74. The molecule has 2 aromatic carbocycles. The first-order valence-electron chi connectivity index (χ1n) is 9.78. The molecule has 0 saturated heterocycles. The molecule has 0 aromatic heterocycles. The van der Waals surface area contributed by atoms with Crippen molar-refractivity contribution < 1.29 is 14.2 Å². The molecular weight excluding hydrogens is 354 g/mol. The van der Waals surface area contributed by atoms with Gasteiger partial charge in [0.05, 0.1) is 13.7 Å². The molecule has 0 radical (unpaired) electrons. The number of benzene rings is 2. The molecule has 6 heteroatoms. The van der Waals surface area contributed by atoms with Crippen LogP contribution in [0.4, 0.5) is 0 Å². The second-order valence-corrected chi connectivity index (χ2v) is 7.22. The standard InChI is InChI=1S/C22H27N3O3/c1-3-23-21(24-13-16-8-9-19-20(12-16)28-15-27-19)25-14-22(10-11-22)17-6-4-5-7-18(17)26-2/h4-9,12H,3,10-11,13-15H2,1-2H3,(H2,23,24,25). The van der Waals surface area contributed by atoms with Gasteiger partial charge in [-0.15, -0.1) is 0 Å². The molecule has 0 unspecified atom stereocenters. The van der Waals surface area contributed by atoms with Crippen molar-refractivity contribution in [1.82, 2.24) is 10.6 Å². The third-order valence-electron chi connectivity index (χ3n) is 5.33. The smallest absolute Gasteiger partial charge is 0.231 e. The van der Waals surface area contributed by atoms with E-state index in [9.17, 15) is 0 Å². The van der Waals surface area contributed by atoms with Crippen LogP contribution in [0.2, 0.25) is 0 Å². The van der Waals surface area contributed by atoms with Gasteiger partial charge in [0.15, 0.2) is 17.5 Å². The molecule has 0 bridgehead atoms. The summed E-state index contributed by atoms with van der Waals surface area (Å²) >= 11 is 0. The molecule has 28 heavy (non-hydrogen) atoms. The number of nitrogens with zero attached hydrogens (tertiary/aromatic N) is 1. The second kappa shape index (κ2) is 8.00. The Morgan fingerprint density at radius 3 is 2.71 bits per heavy atom. The lowest BCUT2D eigenvalue weighted by Crippen LogP contribution is -2.41. The summed E-state index contributed by atoms with van der Waals surface area (Å²) < 4.78 is 16.4. The third-order valence-corrected chi connectivity index (χ3v) is 5.33. The van der Waals surface area contributed by atoms with E-state index in [2.05, 4.69) is 29.7 Å². The highest BCUT2D eigenvalue weighted by Crippen LogP contribution is 2.50. The molecule has 1 saturated carbocycles. The minimum Gasteiger partial charge on any atom is -0.496 e. The molecule has 0 spiro atoms.